The Bertz CT molecular complexity index is 708. The molecule has 1 aliphatic heterocycles. The monoisotopic (exact) mass is 333 g/mol. The Hall–Kier alpha value is -2.82. The highest BCUT2D eigenvalue weighted by Gasteiger charge is 2.29. The second-order valence-corrected chi connectivity index (χ2v) is 5.61. The summed E-state index contributed by atoms with van der Waals surface area (Å²) in [4.78, 5) is 37.1. The van der Waals surface area contributed by atoms with Gasteiger partial charge in [0.25, 0.3) is 0 Å². The molecule has 2 amide bonds. The minimum absolute atomic E-state index is 0.00926. The number of furan rings is 1. The van der Waals surface area contributed by atoms with E-state index in [0.29, 0.717) is 25.9 Å². The van der Waals surface area contributed by atoms with Gasteiger partial charge in [0, 0.05) is 25.9 Å². The zero-order valence-electron chi connectivity index (χ0n) is 13.8. The molecule has 24 heavy (non-hydrogen) atoms. The van der Waals surface area contributed by atoms with E-state index in [9.17, 15) is 19.6 Å². The van der Waals surface area contributed by atoms with Crippen LogP contribution in [0.3, 0.4) is 0 Å². The summed E-state index contributed by atoms with van der Waals surface area (Å²) in [5.74, 6) is -1.11. The van der Waals surface area contributed by atoms with Gasteiger partial charge in [0.05, 0.1) is 7.11 Å². The van der Waals surface area contributed by atoms with Crippen molar-refractivity contribution >= 4 is 23.7 Å². The van der Waals surface area contributed by atoms with Gasteiger partial charge in [-0.2, -0.15) is 5.26 Å². The topological polar surface area (TPSA) is 113 Å². The van der Waals surface area contributed by atoms with Crippen LogP contribution in [0.4, 0.5) is 5.88 Å². The molecule has 0 radical (unpaired) electrons. The molecule has 128 valence electrons. The van der Waals surface area contributed by atoms with Crippen LogP contribution in [0.25, 0.3) is 0 Å². The van der Waals surface area contributed by atoms with Crippen molar-refractivity contribution in [2.45, 2.75) is 26.7 Å². The van der Waals surface area contributed by atoms with Gasteiger partial charge in [-0.3, -0.25) is 14.9 Å². The zero-order chi connectivity index (χ0) is 17.9. The van der Waals surface area contributed by atoms with E-state index in [1.807, 2.05) is 6.07 Å². The number of nitriles is 1. The fourth-order valence-electron chi connectivity index (χ4n) is 2.76. The SMILES string of the molecule is COC(=O)c1c(C)oc(NC(=O)C2CCN(C(C)=O)CC2)c1C#N. The lowest BCUT2D eigenvalue weighted by Gasteiger charge is -2.30. The summed E-state index contributed by atoms with van der Waals surface area (Å²) in [7, 11) is 1.21. The number of rotatable bonds is 3. The van der Waals surface area contributed by atoms with Crippen LogP contribution in [0, 0.1) is 24.2 Å². The van der Waals surface area contributed by atoms with E-state index in [4.69, 9.17) is 4.42 Å². The number of carbonyl (C=O) groups excluding carboxylic acids is 3. The van der Waals surface area contributed by atoms with Gasteiger partial charge in [0.1, 0.15) is 23.0 Å². The van der Waals surface area contributed by atoms with Crippen LogP contribution in [0.5, 0.6) is 0 Å². The lowest BCUT2D eigenvalue weighted by molar-refractivity contribution is -0.132. The standard InChI is InChI=1S/C16H19N3O5/c1-9-13(16(22)23-3)12(8-17)15(24-9)18-14(21)11-4-6-19(7-5-11)10(2)20/h11H,4-7H2,1-3H3,(H,18,21). The van der Waals surface area contributed by atoms with E-state index in [0.717, 1.165) is 0 Å². The molecule has 0 spiro atoms. The van der Waals surface area contributed by atoms with Crippen molar-refractivity contribution in [1.29, 1.82) is 5.26 Å². The number of anilines is 1. The highest BCUT2D eigenvalue weighted by Crippen LogP contribution is 2.28. The highest BCUT2D eigenvalue weighted by molar-refractivity contribution is 5.98. The summed E-state index contributed by atoms with van der Waals surface area (Å²) >= 11 is 0. The number of carbonyl (C=O) groups is 3. The van der Waals surface area contributed by atoms with Crippen molar-refractivity contribution in [3.05, 3.63) is 16.9 Å². The van der Waals surface area contributed by atoms with Gasteiger partial charge in [-0.25, -0.2) is 4.79 Å². The molecule has 0 saturated carbocycles. The average Bonchev–Trinajstić information content (AvgIpc) is 2.89. The number of nitrogens with one attached hydrogen (secondary N) is 1. The van der Waals surface area contributed by atoms with E-state index in [1.54, 1.807) is 4.90 Å². The Morgan fingerprint density at radius 1 is 1.33 bits per heavy atom. The Kier molecular flexibility index (Phi) is 5.24. The van der Waals surface area contributed by atoms with Crippen molar-refractivity contribution in [2.24, 2.45) is 5.92 Å². The Labute approximate surface area is 139 Å². The molecule has 0 atom stereocenters. The Morgan fingerprint density at radius 3 is 2.46 bits per heavy atom. The van der Waals surface area contributed by atoms with Crippen LogP contribution in [0.2, 0.25) is 0 Å². The molecule has 1 aromatic rings. The van der Waals surface area contributed by atoms with Gasteiger partial charge >= 0.3 is 5.97 Å². The van der Waals surface area contributed by atoms with Crippen LogP contribution in [0.1, 0.15) is 41.4 Å². The number of amides is 2. The summed E-state index contributed by atoms with van der Waals surface area (Å²) < 4.78 is 9.99. The summed E-state index contributed by atoms with van der Waals surface area (Å²) in [5.41, 5.74) is -0.0319. The molecule has 1 saturated heterocycles. The number of methoxy groups -OCH3 is 1. The number of ether oxygens (including phenoxy) is 1. The molecular weight excluding hydrogens is 314 g/mol. The maximum absolute atomic E-state index is 12.4. The first-order chi connectivity index (χ1) is 11.4. The first-order valence-electron chi connectivity index (χ1n) is 7.57. The molecule has 1 aliphatic rings. The van der Waals surface area contributed by atoms with E-state index < -0.39 is 5.97 Å². The first kappa shape index (κ1) is 17.5. The third kappa shape index (κ3) is 3.40. The summed E-state index contributed by atoms with van der Waals surface area (Å²) in [5, 5.41) is 11.8. The van der Waals surface area contributed by atoms with Gasteiger partial charge < -0.3 is 14.1 Å². The number of nitrogens with zero attached hydrogens (tertiary/aromatic N) is 2. The average molecular weight is 333 g/mol. The predicted molar refractivity (Wildman–Crippen MR) is 83.1 cm³/mol. The number of hydrogen-bond acceptors (Lipinski definition) is 6. The molecule has 1 aromatic heterocycles. The van der Waals surface area contributed by atoms with Gasteiger partial charge in [0.15, 0.2) is 0 Å². The van der Waals surface area contributed by atoms with Crippen LogP contribution in [-0.2, 0) is 14.3 Å². The van der Waals surface area contributed by atoms with Crippen LogP contribution in [0.15, 0.2) is 4.42 Å². The molecule has 0 bridgehead atoms. The quantitative estimate of drug-likeness (QED) is 0.838. The van der Waals surface area contributed by atoms with Gasteiger partial charge in [0.2, 0.25) is 17.7 Å². The number of piperidine rings is 1. The maximum Gasteiger partial charge on any atom is 0.342 e. The van der Waals surface area contributed by atoms with Crippen molar-refractivity contribution in [3.8, 4) is 6.07 Å². The summed E-state index contributed by atoms with van der Waals surface area (Å²) in [6, 6.07) is 1.87. The van der Waals surface area contributed by atoms with E-state index in [2.05, 4.69) is 10.1 Å². The minimum Gasteiger partial charge on any atom is -0.465 e. The largest absolute Gasteiger partial charge is 0.465 e. The lowest BCUT2D eigenvalue weighted by atomic mass is 9.96. The van der Waals surface area contributed by atoms with Gasteiger partial charge in [-0.15, -0.1) is 0 Å². The zero-order valence-corrected chi connectivity index (χ0v) is 13.8. The predicted octanol–water partition coefficient (Wildman–Crippen LogP) is 1.44. The van der Waals surface area contributed by atoms with E-state index >= 15 is 0 Å². The van der Waals surface area contributed by atoms with Crippen LogP contribution in [-0.4, -0.2) is 42.9 Å². The number of aryl methyl sites for hydroxylation is 1. The number of esters is 1. The second kappa shape index (κ2) is 7.17. The minimum atomic E-state index is -0.692. The van der Waals surface area contributed by atoms with Crippen LogP contribution >= 0.6 is 0 Å². The number of hydrogen-bond donors (Lipinski definition) is 1. The third-order valence-electron chi connectivity index (χ3n) is 4.13. The normalized spacial score (nSPS) is 14.8. The molecule has 2 rings (SSSR count). The van der Waals surface area contributed by atoms with Crippen molar-refractivity contribution in [2.75, 3.05) is 25.5 Å². The lowest BCUT2D eigenvalue weighted by Crippen LogP contribution is -2.40. The molecule has 8 nitrogen and oxygen atoms in total. The molecule has 8 heteroatoms. The molecule has 1 fully saturated rings. The Balaban J connectivity index is 2.12. The van der Waals surface area contributed by atoms with Gasteiger partial charge in [-0.05, 0) is 19.8 Å². The van der Waals surface area contributed by atoms with Gasteiger partial charge in [-0.1, -0.05) is 0 Å². The second-order valence-electron chi connectivity index (χ2n) is 5.61. The fraction of sp³-hybridized carbons (Fsp3) is 0.500. The first-order valence-corrected chi connectivity index (χ1v) is 7.57. The fourth-order valence-corrected chi connectivity index (χ4v) is 2.76. The Morgan fingerprint density at radius 2 is 1.96 bits per heavy atom. The van der Waals surface area contributed by atoms with Crippen molar-refractivity contribution < 1.29 is 23.5 Å². The summed E-state index contributed by atoms with van der Waals surface area (Å²) in [6.07, 6.45) is 1.08. The molecule has 0 unspecified atom stereocenters. The molecule has 2 heterocycles. The van der Waals surface area contributed by atoms with Crippen molar-refractivity contribution in [1.82, 2.24) is 4.90 Å². The summed E-state index contributed by atoms with van der Waals surface area (Å²) in [6.45, 7) is 4.06. The molecule has 1 N–H and O–H groups in total. The molecule has 0 aromatic carbocycles. The van der Waals surface area contributed by atoms with E-state index in [1.165, 1.54) is 21.0 Å². The number of likely N-dealkylation sites (tertiary alicyclic amines) is 1. The molecular formula is C16H19N3O5. The smallest absolute Gasteiger partial charge is 0.342 e. The maximum atomic E-state index is 12.4. The highest BCUT2D eigenvalue weighted by atomic mass is 16.5. The van der Waals surface area contributed by atoms with Crippen molar-refractivity contribution in [3.63, 3.8) is 0 Å². The third-order valence-corrected chi connectivity index (χ3v) is 4.13. The molecule has 0 aliphatic carbocycles. The van der Waals surface area contributed by atoms with Crippen LogP contribution < -0.4 is 5.32 Å². The van der Waals surface area contributed by atoms with E-state index in [-0.39, 0.29) is 40.5 Å².